The fourth-order valence-electron chi connectivity index (χ4n) is 2.79. The normalized spacial score (nSPS) is 16.4. The van der Waals surface area contributed by atoms with Crippen LogP contribution in [0.2, 0.25) is 0 Å². The zero-order chi connectivity index (χ0) is 15.2. The van der Waals surface area contributed by atoms with Gasteiger partial charge in [0.05, 0.1) is 5.54 Å². The van der Waals surface area contributed by atoms with E-state index in [1.807, 2.05) is 24.4 Å². The topological polar surface area (TPSA) is 91.0 Å². The van der Waals surface area contributed by atoms with Crippen molar-refractivity contribution in [1.29, 1.82) is 0 Å². The number of rotatable bonds is 3. The summed E-state index contributed by atoms with van der Waals surface area (Å²) in [6.07, 6.45) is 4.03. The van der Waals surface area contributed by atoms with Crippen molar-refractivity contribution < 1.29 is 8.94 Å². The molecule has 0 aromatic carbocycles. The van der Waals surface area contributed by atoms with E-state index in [4.69, 9.17) is 14.7 Å². The zero-order valence-corrected chi connectivity index (χ0v) is 14.2. The van der Waals surface area contributed by atoms with Crippen molar-refractivity contribution in [3.05, 3.63) is 29.1 Å². The van der Waals surface area contributed by atoms with Gasteiger partial charge in [-0.15, -0.1) is 23.7 Å². The second kappa shape index (κ2) is 6.07. The summed E-state index contributed by atoms with van der Waals surface area (Å²) in [5, 5.41) is 6.75. The zero-order valence-electron chi connectivity index (χ0n) is 12.6. The highest BCUT2D eigenvalue weighted by molar-refractivity contribution is 7.13. The molecule has 0 amide bonds. The lowest BCUT2D eigenvalue weighted by molar-refractivity contribution is 0.372. The van der Waals surface area contributed by atoms with Crippen LogP contribution in [0.3, 0.4) is 0 Å². The Morgan fingerprint density at radius 3 is 2.70 bits per heavy atom. The molecular formula is C15H17ClN4O2S. The molecule has 1 saturated carbocycles. The summed E-state index contributed by atoms with van der Waals surface area (Å²) in [6.45, 7) is 1.91. The third kappa shape index (κ3) is 2.91. The molecule has 4 rings (SSSR count). The van der Waals surface area contributed by atoms with E-state index in [9.17, 15) is 0 Å². The number of furan rings is 1. The van der Waals surface area contributed by atoms with Gasteiger partial charge in [0, 0.05) is 5.38 Å². The Balaban J connectivity index is 0.00000156. The summed E-state index contributed by atoms with van der Waals surface area (Å²) < 4.78 is 10.9. The number of hydrogen-bond acceptors (Lipinski definition) is 7. The standard InChI is InChI=1S/C15H16N4O2S.ClH/c1-9-4-5-11(20-9)13-17-10(8-22-13)12-18-14(19-21-12)15(16)6-2-3-7-15;/h4-5,8H,2-3,6-7,16H2,1H3;1H. The average Bonchev–Trinajstić information content (AvgIpc) is 3.25. The number of nitrogens with zero attached hydrogens (tertiary/aromatic N) is 3. The first-order valence-electron chi connectivity index (χ1n) is 7.30. The maximum atomic E-state index is 6.35. The van der Waals surface area contributed by atoms with E-state index in [1.165, 1.54) is 11.3 Å². The number of halogens is 1. The second-order valence-electron chi connectivity index (χ2n) is 5.73. The van der Waals surface area contributed by atoms with Crippen LogP contribution < -0.4 is 5.73 Å². The van der Waals surface area contributed by atoms with Crippen LogP contribution in [-0.2, 0) is 5.54 Å². The van der Waals surface area contributed by atoms with E-state index in [-0.39, 0.29) is 12.4 Å². The SMILES string of the molecule is Cc1ccc(-c2nc(-c3nc(C4(N)CCCC4)no3)cs2)o1.Cl. The quantitative estimate of drug-likeness (QED) is 0.768. The van der Waals surface area contributed by atoms with Crippen molar-refractivity contribution in [1.82, 2.24) is 15.1 Å². The molecule has 0 unspecified atom stereocenters. The third-order valence-corrected chi connectivity index (χ3v) is 4.90. The smallest absolute Gasteiger partial charge is 0.277 e. The molecule has 6 nitrogen and oxygen atoms in total. The van der Waals surface area contributed by atoms with Crippen molar-refractivity contribution in [3.8, 4) is 22.4 Å². The average molecular weight is 353 g/mol. The molecule has 8 heteroatoms. The van der Waals surface area contributed by atoms with Gasteiger partial charge >= 0.3 is 0 Å². The molecule has 0 atom stereocenters. The third-order valence-electron chi connectivity index (χ3n) is 4.04. The molecule has 1 aliphatic carbocycles. The van der Waals surface area contributed by atoms with E-state index >= 15 is 0 Å². The van der Waals surface area contributed by atoms with Gasteiger partial charge in [-0.3, -0.25) is 0 Å². The molecule has 3 aromatic heterocycles. The Labute approximate surface area is 143 Å². The number of nitrogens with two attached hydrogens (primary N) is 1. The number of aromatic nitrogens is 3. The molecule has 0 spiro atoms. The summed E-state index contributed by atoms with van der Waals surface area (Å²) in [4.78, 5) is 8.97. The molecule has 23 heavy (non-hydrogen) atoms. The summed E-state index contributed by atoms with van der Waals surface area (Å²) in [5.41, 5.74) is 6.57. The summed E-state index contributed by atoms with van der Waals surface area (Å²) in [7, 11) is 0. The molecule has 0 saturated heterocycles. The van der Waals surface area contributed by atoms with Gasteiger partial charge in [0.1, 0.15) is 11.5 Å². The van der Waals surface area contributed by atoms with Crippen molar-refractivity contribution in [2.45, 2.75) is 38.1 Å². The van der Waals surface area contributed by atoms with E-state index in [2.05, 4.69) is 15.1 Å². The molecule has 1 fully saturated rings. The van der Waals surface area contributed by atoms with Gasteiger partial charge in [-0.1, -0.05) is 18.0 Å². The van der Waals surface area contributed by atoms with Crippen LogP contribution in [0.1, 0.15) is 37.3 Å². The fraction of sp³-hybridized carbons (Fsp3) is 0.400. The maximum Gasteiger partial charge on any atom is 0.277 e. The van der Waals surface area contributed by atoms with Crippen molar-refractivity contribution in [3.63, 3.8) is 0 Å². The van der Waals surface area contributed by atoms with Gasteiger partial charge in [0.15, 0.2) is 16.6 Å². The summed E-state index contributed by atoms with van der Waals surface area (Å²) >= 11 is 1.49. The van der Waals surface area contributed by atoms with E-state index in [0.717, 1.165) is 42.2 Å². The Kier molecular flexibility index (Phi) is 4.27. The molecule has 3 aromatic rings. The maximum absolute atomic E-state index is 6.35. The Morgan fingerprint density at radius 2 is 2.00 bits per heavy atom. The number of hydrogen-bond donors (Lipinski definition) is 1. The molecule has 0 bridgehead atoms. The predicted octanol–water partition coefficient (Wildman–Crippen LogP) is 3.91. The highest BCUT2D eigenvalue weighted by atomic mass is 35.5. The Hall–Kier alpha value is -1.70. The summed E-state index contributed by atoms with van der Waals surface area (Å²) in [5.74, 6) is 2.61. The first-order chi connectivity index (χ1) is 10.6. The van der Waals surface area contributed by atoms with Gasteiger partial charge < -0.3 is 14.7 Å². The highest BCUT2D eigenvalue weighted by Crippen LogP contribution is 2.36. The molecule has 3 heterocycles. The van der Waals surface area contributed by atoms with Crippen molar-refractivity contribution in [2.24, 2.45) is 5.73 Å². The lowest BCUT2D eigenvalue weighted by Crippen LogP contribution is -2.34. The minimum absolute atomic E-state index is 0. The van der Waals surface area contributed by atoms with Crippen LogP contribution in [0.25, 0.3) is 22.4 Å². The Bertz CT molecular complexity index is 804. The fourth-order valence-corrected chi connectivity index (χ4v) is 3.55. The molecule has 122 valence electrons. The van der Waals surface area contributed by atoms with Gasteiger partial charge in [-0.2, -0.15) is 4.98 Å². The van der Waals surface area contributed by atoms with Gasteiger partial charge in [-0.05, 0) is 31.9 Å². The van der Waals surface area contributed by atoms with Crippen LogP contribution >= 0.6 is 23.7 Å². The second-order valence-corrected chi connectivity index (χ2v) is 6.59. The molecule has 2 N–H and O–H groups in total. The van der Waals surface area contributed by atoms with E-state index < -0.39 is 5.54 Å². The minimum Gasteiger partial charge on any atom is -0.459 e. The summed E-state index contributed by atoms with van der Waals surface area (Å²) in [6, 6.07) is 3.82. The minimum atomic E-state index is -0.446. The van der Waals surface area contributed by atoms with Crippen LogP contribution in [0.4, 0.5) is 0 Å². The highest BCUT2D eigenvalue weighted by Gasteiger charge is 2.36. The molecular weight excluding hydrogens is 336 g/mol. The van der Waals surface area contributed by atoms with E-state index in [1.54, 1.807) is 0 Å². The molecule has 0 radical (unpaired) electrons. The molecule has 1 aliphatic rings. The lowest BCUT2D eigenvalue weighted by Gasteiger charge is -2.17. The van der Waals surface area contributed by atoms with Crippen molar-refractivity contribution in [2.75, 3.05) is 0 Å². The first kappa shape index (κ1) is 16.2. The number of aryl methyl sites for hydroxylation is 1. The van der Waals surface area contributed by atoms with Crippen LogP contribution in [0.5, 0.6) is 0 Å². The van der Waals surface area contributed by atoms with Crippen molar-refractivity contribution >= 4 is 23.7 Å². The van der Waals surface area contributed by atoms with Crippen LogP contribution in [0.15, 0.2) is 26.5 Å². The predicted molar refractivity (Wildman–Crippen MR) is 89.4 cm³/mol. The number of thiazole rings is 1. The van der Waals surface area contributed by atoms with Gasteiger partial charge in [0.2, 0.25) is 0 Å². The monoisotopic (exact) mass is 352 g/mol. The van der Waals surface area contributed by atoms with Gasteiger partial charge in [0.25, 0.3) is 5.89 Å². The largest absolute Gasteiger partial charge is 0.459 e. The van der Waals surface area contributed by atoms with E-state index in [0.29, 0.717) is 17.4 Å². The van der Waals surface area contributed by atoms with Crippen LogP contribution in [-0.4, -0.2) is 15.1 Å². The first-order valence-corrected chi connectivity index (χ1v) is 8.18. The molecule has 0 aliphatic heterocycles. The van der Waals surface area contributed by atoms with Gasteiger partial charge in [-0.25, -0.2) is 4.98 Å². The Morgan fingerprint density at radius 1 is 1.22 bits per heavy atom. The van der Waals surface area contributed by atoms with Crippen LogP contribution in [0, 0.1) is 6.92 Å². The lowest BCUT2D eigenvalue weighted by atomic mass is 9.99.